The van der Waals surface area contributed by atoms with E-state index in [0.717, 1.165) is 36.7 Å². The lowest BCUT2D eigenvalue weighted by Gasteiger charge is -2.30. The van der Waals surface area contributed by atoms with E-state index in [1.807, 2.05) is 31.2 Å². The maximum absolute atomic E-state index is 11.4. The maximum Gasteiger partial charge on any atom is 0.191 e. The number of aliphatic imine (C=N–C) groups is 1. The average Bonchev–Trinajstić information content (AvgIpc) is 2.55. The lowest BCUT2D eigenvalue weighted by atomic mass is 10.1. The Labute approximate surface area is 165 Å². The molecule has 0 aromatic heterocycles. The first-order valence-corrected chi connectivity index (χ1v) is 11.7. The molecule has 0 spiro atoms. The van der Waals surface area contributed by atoms with Crippen LogP contribution in [-0.4, -0.2) is 57.3 Å². The number of sulfone groups is 1. The van der Waals surface area contributed by atoms with Crippen molar-refractivity contribution in [1.82, 2.24) is 15.5 Å². The second-order valence-electron chi connectivity index (χ2n) is 7.43. The van der Waals surface area contributed by atoms with Crippen LogP contribution in [0.2, 0.25) is 0 Å². The van der Waals surface area contributed by atoms with Gasteiger partial charge < -0.3 is 10.6 Å². The van der Waals surface area contributed by atoms with E-state index < -0.39 is 9.84 Å². The molecule has 0 saturated heterocycles. The first-order chi connectivity index (χ1) is 12.6. The molecule has 7 heteroatoms. The molecule has 0 heterocycles. The summed E-state index contributed by atoms with van der Waals surface area (Å²) in [5, 5.41) is 6.66. The molecule has 27 heavy (non-hydrogen) atoms. The van der Waals surface area contributed by atoms with Crippen LogP contribution >= 0.6 is 0 Å². The number of hydrogen-bond acceptors (Lipinski definition) is 4. The second kappa shape index (κ2) is 11.3. The van der Waals surface area contributed by atoms with Crippen LogP contribution in [0.3, 0.4) is 0 Å². The standard InChI is InChI=1S/C20H36N4O2S/c1-7-21-20(22-12-13-24(16(2)3)17(4)5)23-14-18-8-10-19(11-9-18)15-27(6,25)26/h8-11,16-17H,7,12-15H2,1-6H3,(H2,21,22,23). The van der Waals surface area contributed by atoms with Crippen LogP contribution in [0, 0.1) is 0 Å². The zero-order valence-corrected chi connectivity index (χ0v) is 18.4. The quantitative estimate of drug-likeness (QED) is 0.469. The van der Waals surface area contributed by atoms with E-state index in [9.17, 15) is 8.42 Å². The van der Waals surface area contributed by atoms with Crippen LogP contribution in [0.1, 0.15) is 45.7 Å². The van der Waals surface area contributed by atoms with Gasteiger partial charge in [0.25, 0.3) is 0 Å². The normalized spacial score (nSPS) is 12.9. The first kappa shape index (κ1) is 23.4. The molecule has 0 saturated carbocycles. The molecule has 0 aliphatic carbocycles. The van der Waals surface area contributed by atoms with Crippen LogP contribution in [0.4, 0.5) is 0 Å². The molecule has 0 radical (unpaired) electrons. The SMILES string of the molecule is CCNC(=NCc1ccc(CS(C)(=O)=O)cc1)NCCN(C(C)C)C(C)C. The van der Waals surface area contributed by atoms with E-state index in [2.05, 4.69) is 48.2 Å². The van der Waals surface area contributed by atoms with Crippen molar-refractivity contribution in [2.24, 2.45) is 4.99 Å². The zero-order valence-electron chi connectivity index (χ0n) is 17.6. The molecule has 0 fully saturated rings. The minimum atomic E-state index is -3.00. The molecule has 2 N–H and O–H groups in total. The van der Waals surface area contributed by atoms with Crippen LogP contribution in [-0.2, 0) is 22.1 Å². The Hall–Kier alpha value is -1.60. The molecule has 1 aromatic carbocycles. The highest BCUT2D eigenvalue weighted by atomic mass is 32.2. The molecule has 1 aromatic rings. The summed E-state index contributed by atoms with van der Waals surface area (Å²) < 4.78 is 22.7. The molecular weight excluding hydrogens is 360 g/mol. The fraction of sp³-hybridized carbons (Fsp3) is 0.650. The van der Waals surface area contributed by atoms with Gasteiger partial charge in [-0.1, -0.05) is 24.3 Å². The highest BCUT2D eigenvalue weighted by Gasteiger charge is 2.12. The van der Waals surface area contributed by atoms with Gasteiger partial charge in [-0.15, -0.1) is 0 Å². The Kier molecular flexibility index (Phi) is 9.80. The van der Waals surface area contributed by atoms with Crippen molar-refractivity contribution in [3.63, 3.8) is 0 Å². The van der Waals surface area contributed by atoms with E-state index in [1.54, 1.807) is 0 Å². The monoisotopic (exact) mass is 396 g/mol. The summed E-state index contributed by atoms with van der Waals surface area (Å²) in [6, 6.07) is 8.61. The van der Waals surface area contributed by atoms with Crippen LogP contribution in [0.15, 0.2) is 29.3 Å². The molecule has 0 unspecified atom stereocenters. The Bertz CT molecular complexity index is 674. The molecular formula is C20H36N4O2S. The predicted octanol–water partition coefficient (Wildman–Crippen LogP) is 2.41. The van der Waals surface area contributed by atoms with Crippen molar-refractivity contribution in [1.29, 1.82) is 0 Å². The van der Waals surface area contributed by atoms with Crippen molar-refractivity contribution < 1.29 is 8.42 Å². The van der Waals surface area contributed by atoms with Gasteiger partial charge >= 0.3 is 0 Å². The number of nitrogens with zero attached hydrogens (tertiary/aromatic N) is 2. The summed E-state index contributed by atoms with van der Waals surface area (Å²) in [5.41, 5.74) is 1.85. The number of rotatable bonds is 10. The topological polar surface area (TPSA) is 73.8 Å². The second-order valence-corrected chi connectivity index (χ2v) is 9.57. The molecule has 1 rings (SSSR count). The number of nitrogens with one attached hydrogen (secondary N) is 2. The van der Waals surface area contributed by atoms with Gasteiger partial charge in [0, 0.05) is 38.0 Å². The lowest BCUT2D eigenvalue weighted by molar-refractivity contribution is 0.178. The molecule has 0 bridgehead atoms. The van der Waals surface area contributed by atoms with Crippen molar-refractivity contribution in [2.45, 2.75) is 59.0 Å². The molecule has 0 aliphatic heterocycles. The third-order valence-corrected chi connectivity index (χ3v) is 5.06. The fourth-order valence-electron chi connectivity index (χ4n) is 2.97. The Balaban J connectivity index is 2.62. The summed E-state index contributed by atoms with van der Waals surface area (Å²) in [7, 11) is -3.00. The summed E-state index contributed by atoms with van der Waals surface area (Å²) in [4.78, 5) is 7.07. The van der Waals surface area contributed by atoms with E-state index in [1.165, 1.54) is 6.26 Å². The van der Waals surface area contributed by atoms with Crippen LogP contribution in [0.25, 0.3) is 0 Å². The smallest absolute Gasteiger partial charge is 0.191 e. The van der Waals surface area contributed by atoms with E-state index in [4.69, 9.17) is 0 Å². The third-order valence-electron chi connectivity index (χ3n) is 4.20. The fourth-order valence-corrected chi connectivity index (χ4v) is 3.77. The predicted molar refractivity (Wildman–Crippen MR) is 115 cm³/mol. The van der Waals surface area contributed by atoms with Gasteiger partial charge in [0.2, 0.25) is 0 Å². The third kappa shape index (κ3) is 9.77. The maximum atomic E-state index is 11.4. The summed E-state index contributed by atoms with van der Waals surface area (Å²) in [6.07, 6.45) is 1.25. The Morgan fingerprint density at radius 2 is 1.59 bits per heavy atom. The minimum Gasteiger partial charge on any atom is -0.357 e. The summed E-state index contributed by atoms with van der Waals surface area (Å²) in [6.45, 7) is 14.0. The Morgan fingerprint density at radius 3 is 2.07 bits per heavy atom. The average molecular weight is 397 g/mol. The van der Waals surface area contributed by atoms with Crippen LogP contribution in [0.5, 0.6) is 0 Å². The first-order valence-electron chi connectivity index (χ1n) is 9.65. The molecule has 0 atom stereocenters. The lowest BCUT2D eigenvalue weighted by Crippen LogP contribution is -2.45. The van der Waals surface area contributed by atoms with Gasteiger partial charge in [-0.05, 0) is 45.7 Å². The van der Waals surface area contributed by atoms with Gasteiger partial charge in [0.1, 0.15) is 0 Å². The highest BCUT2D eigenvalue weighted by Crippen LogP contribution is 2.09. The summed E-state index contributed by atoms with van der Waals surface area (Å²) >= 11 is 0. The van der Waals surface area contributed by atoms with Gasteiger partial charge in [-0.3, -0.25) is 4.90 Å². The highest BCUT2D eigenvalue weighted by molar-refractivity contribution is 7.89. The zero-order chi connectivity index (χ0) is 20.4. The van der Waals surface area contributed by atoms with E-state index in [-0.39, 0.29) is 5.75 Å². The molecule has 154 valence electrons. The molecule has 0 aliphatic rings. The van der Waals surface area contributed by atoms with Gasteiger partial charge in [-0.2, -0.15) is 0 Å². The van der Waals surface area contributed by atoms with Crippen molar-refractivity contribution >= 4 is 15.8 Å². The van der Waals surface area contributed by atoms with Crippen molar-refractivity contribution in [3.8, 4) is 0 Å². The summed E-state index contributed by atoms with van der Waals surface area (Å²) in [5.74, 6) is 0.869. The number of hydrogen-bond donors (Lipinski definition) is 2. The minimum absolute atomic E-state index is 0.0724. The van der Waals surface area contributed by atoms with E-state index >= 15 is 0 Å². The van der Waals surface area contributed by atoms with Gasteiger partial charge in [0.05, 0.1) is 12.3 Å². The number of benzene rings is 1. The molecule has 6 nitrogen and oxygen atoms in total. The largest absolute Gasteiger partial charge is 0.357 e. The van der Waals surface area contributed by atoms with E-state index in [0.29, 0.717) is 18.6 Å². The van der Waals surface area contributed by atoms with Crippen molar-refractivity contribution in [2.75, 3.05) is 25.9 Å². The van der Waals surface area contributed by atoms with Crippen molar-refractivity contribution in [3.05, 3.63) is 35.4 Å². The number of guanidine groups is 1. The van der Waals surface area contributed by atoms with Gasteiger partial charge in [-0.25, -0.2) is 13.4 Å². The molecule has 0 amide bonds. The van der Waals surface area contributed by atoms with Gasteiger partial charge in [0.15, 0.2) is 15.8 Å². The Morgan fingerprint density at radius 1 is 1.04 bits per heavy atom. The van der Waals surface area contributed by atoms with Crippen LogP contribution < -0.4 is 10.6 Å².